The Morgan fingerprint density at radius 2 is 0.333 bits per heavy atom. The monoisotopic (exact) mass is 1660 g/mol. The number of aromatic nitrogens is 9. The van der Waals surface area contributed by atoms with Crippen LogP contribution in [-0.2, 0) is 0 Å². The molecule has 18 heteroatoms. The molecule has 0 radical (unpaired) electrons. The van der Waals surface area contributed by atoms with Gasteiger partial charge in [0.25, 0.3) is 0 Å². The van der Waals surface area contributed by atoms with Gasteiger partial charge in [-0.15, -0.1) is 15.3 Å². The molecule has 4 aromatic carbocycles. The van der Waals surface area contributed by atoms with Crippen LogP contribution in [0.25, 0.3) is 50.8 Å². The van der Waals surface area contributed by atoms with Crippen molar-refractivity contribution in [2.45, 2.75) is 409 Å². The molecule has 0 bridgehead atoms. The van der Waals surface area contributed by atoms with Gasteiger partial charge in [0, 0.05) is 53.1 Å². The van der Waals surface area contributed by atoms with Crippen molar-refractivity contribution in [3.8, 4) is 103 Å². The molecule has 0 fully saturated rings. The van der Waals surface area contributed by atoms with Gasteiger partial charge < -0.3 is 42.6 Å². The van der Waals surface area contributed by atoms with Gasteiger partial charge in [-0.05, 0) is 76.0 Å². The van der Waals surface area contributed by atoms with E-state index in [0.29, 0.717) is 128 Å². The number of nitrogens with zero attached hydrogens (tertiary/aromatic N) is 9. The Kier molecular flexibility index (Phi) is 53.4. The van der Waals surface area contributed by atoms with Gasteiger partial charge in [-0.1, -0.05) is 367 Å². The van der Waals surface area contributed by atoms with Crippen LogP contribution in [0.3, 0.4) is 0 Å². The van der Waals surface area contributed by atoms with Crippen LogP contribution < -0.4 is 42.6 Å². The second-order valence-corrected chi connectivity index (χ2v) is 33.8. The zero-order valence-corrected chi connectivity index (χ0v) is 77.2. The Hall–Kier alpha value is -7.50. The molecule has 0 aliphatic rings. The van der Waals surface area contributed by atoms with E-state index in [-0.39, 0.29) is 0 Å². The molecule has 672 valence electrons. The van der Waals surface area contributed by atoms with Gasteiger partial charge in [-0.2, -0.15) is 0 Å². The maximum atomic E-state index is 6.83. The van der Waals surface area contributed by atoms with E-state index < -0.39 is 0 Å². The zero-order chi connectivity index (χ0) is 84.8. The van der Waals surface area contributed by atoms with Crippen molar-refractivity contribution in [1.82, 2.24) is 45.0 Å². The maximum absolute atomic E-state index is 6.83. The predicted octanol–water partition coefficient (Wildman–Crippen LogP) is 30.1. The van der Waals surface area contributed by atoms with Gasteiger partial charge in [0.05, 0.1) is 95.1 Å². The lowest BCUT2D eigenvalue weighted by Gasteiger charge is -2.19. The van der Waals surface area contributed by atoms with Crippen molar-refractivity contribution >= 4 is 0 Å². The Balaban J connectivity index is 1.36. The highest BCUT2D eigenvalue weighted by Crippen LogP contribution is 2.45. The van der Waals surface area contributed by atoms with Gasteiger partial charge >= 0.3 is 0 Å². The van der Waals surface area contributed by atoms with E-state index in [1.165, 1.54) is 231 Å². The number of ether oxygens (including phenoxy) is 9. The largest absolute Gasteiger partial charge is 0.489 e. The number of hydrogen-bond acceptors (Lipinski definition) is 15. The van der Waals surface area contributed by atoms with Crippen LogP contribution in [0.1, 0.15) is 409 Å². The Bertz CT molecular complexity index is 3210. The summed E-state index contributed by atoms with van der Waals surface area (Å²) in [5.74, 6) is 5.92. The maximum Gasteiger partial charge on any atom is 0.203 e. The molecule has 7 rings (SSSR count). The van der Waals surface area contributed by atoms with Crippen LogP contribution in [0.2, 0.25) is 0 Å². The van der Waals surface area contributed by atoms with Gasteiger partial charge in [-0.25, -0.2) is 14.0 Å². The van der Waals surface area contributed by atoms with E-state index in [1.807, 2.05) is 32.6 Å². The number of benzene rings is 4. The van der Waals surface area contributed by atoms with Crippen molar-refractivity contribution < 1.29 is 42.6 Å². The highest BCUT2D eigenvalue weighted by Gasteiger charge is 2.24. The zero-order valence-electron chi connectivity index (χ0n) is 77.2. The van der Waals surface area contributed by atoms with Gasteiger partial charge in [0.1, 0.15) is 17.1 Å². The molecule has 0 aliphatic carbocycles. The normalized spacial score (nSPS) is 11.5. The van der Waals surface area contributed by atoms with Crippen LogP contribution >= 0.6 is 0 Å². The topological polar surface area (TPSA) is 175 Å². The quantitative estimate of drug-likeness (QED) is 0.0329. The molecule has 0 spiro atoms. The van der Waals surface area contributed by atoms with Gasteiger partial charge in [0.15, 0.2) is 34.5 Å². The first kappa shape index (κ1) is 99.6. The molecule has 0 saturated carbocycles. The summed E-state index contributed by atoms with van der Waals surface area (Å²) in [6.07, 6.45) is 68.6. The Labute approximate surface area is 727 Å². The minimum absolute atomic E-state index is 0.566. The van der Waals surface area contributed by atoms with E-state index in [2.05, 4.69) is 117 Å². The molecule has 0 atom stereocenters. The first-order chi connectivity index (χ1) is 59.3. The molecular weight excluding hydrogens is 1500 g/mol. The number of hydrogen-bond donors (Lipinski definition) is 0. The molecule has 3 aromatic heterocycles. The molecular formula is C102H165N9O9. The molecule has 0 amide bonds. The van der Waals surface area contributed by atoms with Crippen molar-refractivity contribution in [3.05, 3.63) is 73.2 Å². The standard InChI is InChI=1S/C102H165N9O9/c1-10-19-28-37-46-55-64-112-94-76-88(77-95(113-65-56-47-38-29-20-11-2)100(94)118-70-61-52-43-34-25-16-7)109-82-91(103-106-109)85-73-86(92-83-110(107-104-92)89-78-96(114-66-57-48-39-30-21-12-3)101(119-71-62-53-44-35-26-17-8)97(79-89)115-67-58-49-40-31-22-13-4)75-87(74-85)93-84-111(108-105-93)90-80-98(116-68-59-50-41-32-23-14-5)102(120-72-63-54-45-36-27-18-9)99(81-90)117-69-60-51-42-33-24-15-6/h73-84H,10-72H2,1-9H3. The third-order valence-electron chi connectivity index (χ3n) is 22.9. The van der Waals surface area contributed by atoms with Crippen LogP contribution in [0.15, 0.2) is 73.2 Å². The van der Waals surface area contributed by atoms with Crippen LogP contribution in [0.4, 0.5) is 0 Å². The summed E-state index contributed by atoms with van der Waals surface area (Å²) in [6.45, 7) is 25.5. The first-order valence-corrected chi connectivity index (χ1v) is 49.4. The average Bonchev–Trinajstić information content (AvgIpc) is 1.61. The second kappa shape index (κ2) is 64.3. The van der Waals surface area contributed by atoms with Crippen molar-refractivity contribution in [2.75, 3.05) is 59.5 Å². The number of unbranched alkanes of at least 4 members (excludes halogenated alkanes) is 45. The van der Waals surface area contributed by atoms with Gasteiger partial charge in [-0.3, -0.25) is 0 Å². The SMILES string of the molecule is CCCCCCCCOc1cc(-n2cc(-c3cc(-c4cn(-c5cc(OCCCCCCCC)c(OCCCCCCCC)c(OCCCCCCCC)c5)nn4)cc(-c4cn(-c5cc(OCCCCCCCC)c(OCCCCCCCC)c(OCCCCCCCC)c5)nn4)c3)nn2)cc(OCCCCCCCC)c1OCCCCCCCC. The first-order valence-electron chi connectivity index (χ1n) is 49.4. The Morgan fingerprint density at radius 1 is 0.183 bits per heavy atom. The summed E-state index contributed by atoms with van der Waals surface area (Å²) in [7, 11) is 0. The minimum Gasteiger partial charge on any atom is -0.489 e. The lowest BCUT2D eigenvalue weighted by molar-refractivity contribution is 0.234. The van der Waals surface area contributed by atoms with Crippen LogP contribution in [0.5, 0.6) is 51.7 Å². The van der Waals surface area contributed by atoms with E-state index in [9.17, 15) is 0 Å². The number of rotatable bonds is 78. The predicted molar refractivity (Wildman–Crippen MR) is 497 cm³/mol. The summed E-state index contributed by atoms with van der Waals surface area (Å²) in [5, 5.41) is 29.8. The van der Waals surface area contributed by atoms with Crippen LogP contribution in [0, 0.1) is 0 Å². The van der Waals surface area contributed by atoms with Crippen LogP contribution in [-0.4, -0.2) is 104 Å². The van der Waals surface area contributed by atoms with Crippen molar-refractivity contribution in [3.63, 3.8) is 0 Å². The molecule has 0 unspecified atom stereocenters. The summed E-state index contributed by atoms with van der Waals surface area (Å²) in [4.78, 5) is 0. The average molecular weight is 1660 g/mol. The molecule has 7 aromatic rings. The fourth-order valence-corrected chi connectivity index (χ4v) is 15.4. The van der Waals surface area contributed by atoms with E-state index in [0.717, 1.165) is 149 Å². The molecule has 0 saturated heterocycles. The highest BCUT2D eigenvalue weighted by molar-refractivity contribution is 5.78. The summed E-state index contributed by atoms with van der Waals surface area (Å²) < 4.78 is 66.9. The lowest BCUT2D eigenvalue weighted by Crippen LogP contribution is -2.08. The molecule has 0 N–H and O–H groups in total. The smallest absolute Gasteiger partial charge is 0.203 e. The summed E-state index contributed by atoms with van der Waals surface area (Å²) >= 11 is 0. The summed E-state index contributed by atoms with van der Waals surface area (Å²) in [6, 6.07) is 18.7. The van der Waals surface area contributed by atoms with E-state index in [4.69, 9.17) is 73.6 Å². The van der Waals surface area contributed by atoms with Crippen molar-refractivity contribution in [1.29, 1.82) is 0 Å². The van der Waals surface area contributed by atoms with Crippen molar-refractivity contribution in [2.24, 2.45) is 0 Å². The third-order valence-corrected chi connectivity index (χ3v) is 22.9. The minimum atomic E-state index is 0.566. The molecule has 18 nitrogen and oxygen atoms in total. The molecule has 120 heavy (non-hydrogen) atoms. The third kappa shape index (κ3) is 38.9. The fraction of sp³-hybridized carbons (Fsp3) is 0.706. The highest BCUT2D eigenvalue weighted by atomic mass is 16.6. The van der Waals surface area contributed by atoms with E-state index >= 15 is 0 Å². The molecule has 0 aliphatic heterocycles. The van der Waals surface area contributed by atoms with Gasteiger partial charge in [0.2, 0.25) is 17.2 Å². The fourth-order valence-electron chi connectivity index (χ4n) is 15.4. The lowest BCUT2D eigenvalue weighted by atomic mass is 10.0. The molecule has 3 heterocycles. The summed E-state index contributed by atoms with van der Waals surface area (Å²) in [5.41, 5.74) is 6.56. The second-order valence-electron chi connectivity index (χ2n) is 33.8. The Morgan fingerprint density at radius 3 is 0.500 bits per heavy atom. The van der Waals surface area contributed by atoms with E-state index in [1.54, 1.807) is 0 Å².